The van der Waals surface area contributed by atoms with Crippen molar-refractivity contribution in [3.8, 4) is 17.2 Å². The molecule has 0 aliphatic heterocycles. The largest absolute Gasteiger partial charge is 0.382 e. The van der Waals surface area contributed by atoms with Crippen LogP contribution in [0.4, 0.5) is 16.0 Å². The molecule has 0 saturated heterocycles. The van der Waals surface area contributed by atoms with Crippen molar-refractivity contribution in [1.29, 1.82) is 5.26 Å². The third-order valence-electron chi connectivity index (χ3n) is 5.82. The van der Waals surface area contributed by atoms with Crippen LogP contribution in [-0.2, 0) is 0 Å². The zero-order chi connectivity index (χ0) is 25.3. The highest BCUT2D eigenvalue weighted by atomic mass is 19.1. The molecule has 2 heterocycles. The van der Waals surface area contributed by atoms with Crippen molar-refractivity contribution in [2.75, 3.05) is 11.1 Å². The molecule has 0 radical (unpaired) electrons. The summed E-state index contributed by atoms with van der Waals surface area (Å²) in [6, 6.07) is 13.2. The summed E-state index contributed by atoms with van der Waals surface area (Å²) < 4.78 is 14.2. The van der Waals surface area contributed by atoms with Crippen molar-refractivity contribution in [3.05, 3.63) is 77.0 Å². The number of anilines is 2. The number of primary amides is 1. The maximum absolute atomic E-state index is 14.2. The molecule has 5 N–H and O–H groups in total. The summed E-state index contributed by atoms with van der Waals surface area (Å²) in [5, 5.41) is 13.0. The fourth-order valence-corrected chi connectivity index (χ4v) is 4.06. The highest BCUT2D eigenvalue weighted by Crippen LogP contribution is 2.37. The fraction of sp³-hybridized carbons (Fsp3) is 0.192. The fourth-order valence-electron chi connectivity index (χ4n) is 4.06. The normalized spacial score (nSPS) is 11.9. The number of nitrogens with one attached hydrogen (secondary N) is 1. The maximum atomic E-state index is 14.2. The Morgan fingerprint density at radius 3 is 2.60 bits per heavy atom. The van der Waals surface area contributed by atoms with Crippen LogP contribution in [0.3, 0.4) is 0 Å². The molecule has 0 saturated carbocycles. The van der Waals surface area contributed by atoms with Gasteiger partial charge < -0.3 is 16.8 Å². The third-order valence-corrected chi connectivity index (χ3v) is 5.82. The Hall–Kier alpha value is -4.58. The molecule has 8 nitrogen and oxygen atoms in total. The van der Waals surface area contributed by atoms with Gasteiger partial charge in [-0.25, -0.2) is 19.3 Å². The van der Waals surface area contributed by atoms with E-state index in [1.807, 2.05) is 37.3 Å². The lowest BCUT2D eigenvalue weighted by Crippen LogP contribution is -2.19. The van der Waals surface area contributed by atoms with Gasteiger partial charge in [0.1, 0.15) is 35.4 Å². The number of carbonyl (C=O) groups excluding carboxylic acids is 1. The van der Waals surface area contributed by atoms with Crippen molar-refractivity contribution in [2.24, 2.45) is 5.73 Å². The van der Waals surface area contributed by atoms with Gasteiger partial charge in [-0.1, -0.05) is 38.1 Å². The van der Waals surface area contributed by atoms with Gasteiger partial charge in [0.05, 0.1) is 22.8 Å². The first kappa shape index (κ1) is 23.6. The van der Waals surface area contributed by atoms with E-state index in [0.717, 1.165) is 11.1 Å². The number of amides is 1. The van der Waals surface area contributed by atoms with E-state index >= 15 is 0 Å². The minimum Gasteiger partial charge on any atom is -0.382 e. The monoisotopic (exact) mass is 469 g/mol. The molecular weight excluding hydrogens is 445 g/mol. The average Bonchev–Trinajstić information content (AvgIpc) is 2.82. The molecule has 1 unspecified atom stereocenters. The summed E-state index contributed by atoms with van der Waals surface area (Å²) in [6.07, 6.45) is 1.25. The summed E-state index contributed by atoms with van der Waals surface area (Å²) in [5.74, 6) is -0.694. The number of nitriles is 1. The summed E-state index contributed by atoms with van der Waals surface area (Å²) in [7, 11) is 0. The van der Waals surface area contributed by atoms with Gasteiger partial charge in [0.25, 0.3) is 0 Å². The quantitative estimate of drug-likeness (QED) is 0.372. The van der Waals surface area contributed by atoms with Crippen LogP contribution in [0.2, 0.25) is 0 Å². The number of carbonyl (C=O) groups is 1. The standard InChI is InChI=1S/C26H24FN7O/c1-13(2)15-5-4-6-16(9-15)21-22(25(30)35)18-10-17(27)7-8-20(18)34-23(21)14(3)33-26-19(11-28)24(29)31-12-32-26/h4-10,12-14H,1-3H3,(H2,30,35)(H3,29,31,32,33). The van der Waals surface area contributed by atoms with Crippen molar-refractivity contribution in [2.45, 2.75) is 32.7 Å². The van der Waals surface area contributed by atoms with E-state index in [1.165, 1.54) is 24.5 Å². The molecule has 176 valence electrons. The van der Waals surface area contributed by atoms with Gasteiger partial charge in [-0.15, -0.1) is 0 Å². The Labute approximate surface area is 201 Å². The molecule has 0 spiro atoms. The first-order valence-electron chi connectivity index (χ1n) is 11.0. The Morgan fingerprint density at radius 2 is 1.91 bits per heavy atom. The number of halogens is 1. The van der Waals surface area contributed by atoms with E-state index in [2.05, 4.69) is 29.1 Å². The van der Waals surface area contributed by atoms with E-state index in [4.69, 9.17) is 16.5 Å². The molecule has 35 heavy (non-hydrogen) atoms. The van der Waals surface area contributed by atoms with E-state index in [0.29, 0.717) is 22.2 Å². The van der Waals surface area contributed by atoms with E-state index < -0.39 is 17.8 Å². The number of fused-ring (bicyclic) bond motifs is 1. The van der Waals surface area contributed by atoms with E-state index in [9.17, 15) is 14.4 Å². The molecule has 2 aromatic carbocycles. The summed E-state index contributed by atoms with van der Waals surface area (Å²) in [4.78, 5) is 25.6. The zero-order valence-corrected chi connectivity index (χ0v) is 19.5. The second kappa shape index (κ2) is 9.35. The number of benzene rings is 2. The smallest absolute Gasteiger partial charge is 0.250 e. The Morgan fingerprint density at radius 1 is 1.14 bits per heavy atom. The number of nitrogen functional groups attached to an aromatic ring is 1. The van der Waals surface area contributed by atoms with Crippen molar-refractivity contribution in [1.82, 2.24) is 15.0 Å². The van der Waals surface area contributed by atoms with Crippen LogP contribution in [-0.4, -0.2) is 20.9 Å². The summed E-state index contributed by atoms with van der Waals surface area (Å²) in [5.41, 5.74) is 15.1. The minimum atomic E-state index is -0.703. The summed E-state index contributed by atoms with van der Waals surface area (Å²) in [6.45, 7) is 5.95. The topological polar surface area (TPSA) is 144 Å². The van der Waals surface area contributed by atoms with Gasteiger partial charge in [-0.3, -0.25) is 4.79 Å². The number of hydrogen-bond donors (Lipinski definition) is 3. The molecule has 0 aliphatic carbocycles. The number of aromatic nitrogens is 3. The minimum absolute atomic E-state index is 0.0434. The van der Waals surface area contributed by atoms with Crippen LogP contribution in [0.5, 0.6) is 0 Å². The van der Waals surface area contributed by atoms with Gasteiger partial charge in [-0.2, -0.15) is 5.26 Å². The molecule has 4 aromatic rings. The van der Waals surface area contributed by atoms with Gasteiger partial charge in [0.15, 0.2) is 0 Å². The second-order valence-electron chi connectivity index (χ2n) is 8.51. The van der Waals surface area contributed by atoms with Crippen LogP contribution in [0, 0.1) is 17.1 Å². The predicted octanol–water partition coefficient (Wildman–Crippen LogP) is 4.68. The highest BCUT2D eigenvalue weighted by molar-refractivity contribution is 6.11. The van der Waals surface area contributed by atoms with Crippen molar-refractivity contribution in [3.63, 3.8) is 0 Å². The van der Waals surface area contributed by atoms with Gasteiger partial charge >= 0.3 is 0 Å². The van der Waals surface area contributed by atoms with Crippen LogP contribution >= 0.6 is 0 Å². The first-order chi connectivity index (χ1) is 16.7. The van der Waals surface area contributed by atoms with Crippen LogP contribution < -0.4 is 16.8 Å². The summed E-state index contributed by atoms with van der Waals surface area (Å²) >= 11 is 0. The van der Waals surface area contributed by atoms with Crippen LogP contribution in [0.25, 0.3) is 22.0 Å². The van der Waals surface area contributed by atoms with Gasteiger partial charge in [-0.05, 0) is 42.2 Å². The number of nitrogens with zero attached hydrogens (tertiary/aromatic N) is 4. The Balaban J connectivity index is 2.01. The maximum Gasteiger partial charge on any atom is 0.250 e. The lowest BCUT2D eigenvalue weighted by atomic mass is 9.89. The van der Waals surface area contributed by atoms with Gasteiger partial charge in [0, 0.05) is 10.9 Å². The molecular formula is C26H24FN7O. The van der Waals surface area contributed by atoms with Crippen LogP contribution in [0.1, 0.15) is 59.9 Å². The predicted molar refractivity (Wildman–Crippen MR) is 133 cm³/mol. The van der Waals surface area contributed by atoms with Crippen LogP contribution in [0.15, 0.2) is 48.8 Å². The molecule has 4 rings (SSSR count). The molecule has 0 bridgehead atoms. The molecule has 1 amide bonds. The number of pyridine rings is 1. The lowest BCUT2D eigenvalue weighted by molar-refractivity contribution is 0.100. The van der Waals surface area contributed by atoms with Crippen molar-refractivity contribution >= 4 is 28.4 Å². The Kier molecular flexibility index (Phi) is 6.30. The molecule has 9 heteroatoms. The zero-order valence-electron chi connectivity index (χ0n) is 19.5. The molecule has 0 aliphatic rings. The molecule has 0 fully saturated rings. The number of rotatable bonds is 6. The first-order valence-corrected chi connectivity index (χ1v) is 11.0. The number of hydrogen-bond acceptors (Lipinski definition) is 7. The van der Waals surface area contributed by atoms with E-state index in [1.54, 1.807) is 0 Å². The lowest BCUT2D eigenvalue weighted by Gasteiger charge is -2.22. The van der Waals surface area contributed by atoms with Gasteiger partial charge in [0.2, 0.25) is 5.91 Å². The third kappa shape index (κ3) is 4.46. The molecule has 2 aromatic heterocycles. The number of nitrogens with two attached hydrogens (primary N) is 2. The highest BCUT2D eigenvalue weighted by Gasteiger charge is 2.25. The second-order valence-corrected chi connectivity index (χ2v) is 8.51. The Bertz CT molecular complexity index is 1490. The SMILES string of the molecule is CC(C)c1cccc(-c2c(C(C)Nc3ncnc(N)c3C#N)nc3ccc(F)cc3c2C(N)=O)c1. The molecule has 1 atom stereocenters. The average molecular weight is 470 g/mol. The van der Waals surface area contributed by atoms with E-state index in [-0.39, 0.29) is 28.7 Å². The van der Waals surface area contributed by atoms with Crippen molar-refractivity contribution < 1.29 is 9.18 Å².